The number of hydrogen-bond acceptors (Lipinski definition) is 3. The highest BCUT2D eigenvalue weighted by Crippen LogP contribution is 2.26. The van der Waals surface area contributed by atoms with Gasteiger partial charge in [0, 0.05) is 26.1 Å². The lowest BCUT2D eigenvalue weighted by molar-refractivity contribution is 0.0979. The number of likely N-dealkylation sites (N-methyl/N-ethyl adjacent to an activating group) is 1. The van der Waals surface area contributed by atoms with Crippen LogP contribution in [0.25, 0.3) is 0 Å². The predicted octanol–water partition coefficient (Wildman–Crippen LogP) is 2.88. The normalized spacial score (nSPS) is 19.7. The van der Waals surface area contributed by atoms with Crippen LogP contribution in [0.4, 0.5) is 0 Å². The van der Waals surface area contributed by atoms with Crippen molar-refractivity contribution < 1.29 is 13.2 Å². The molecule has 1 aromatic carbocycles. The molecule has 1 aliphatic heterocycles. The van der Waals surface area contributed by atoms with Gasteiger partial charge in [-0.1, -0.05) is 17.7 Å². The summed E-state index contributed by atoms with van der Waals surface area (Å²) in [6.45, 7) is 1.03. The van der Waals surface area contributed by atoms with Crippen molar-refractivity contribution in [3.63, 3.8) is 0 Å². The summed E-state index contributed by atoms with van der Waals surface area (Å²) >= 11 is 11.8. The first-order chi connectivity index (χ1) is 9.45. The van der Waals surface area contributed by atoms with Gasteiger partial charge in [0.05, 0.1) is 11.1 Å². The van der Waals surface area contributed by atoms with Crippen molar-refractivity contribution in [2.45, 2.75) is 29.7 Å². The van der Waals surface area contributed by atoms with E-state index < -0.39 is 10.0 Å². The third kappa shape index (κ3) is 3.46. The van der Waals surface area contributed by atoms with Gasteiger partial charge in [-0.3, -0.25) is 0 Å². The minimum absolute atomic E-state index is 0.0373. The van der Waals surface area contributed by atoms with Crippen LogP contribution in [-0.2, 0) is 20.6 Å². The maximum Gasteiger partial charge on any atom is 0.244 e. The number of ether oxygens (including phenoxy) is 1. The highest BCUT2D eigenvalue weighted by atomic mass is 35.5. The summed E-state index contributed by atoms with van der Waals surface area (Å²) in [6.07, 6.45) is 1.82. The Morgan fingerprint density at radius 3 is 2.80 bits per heavy atom. The van der Waals surface area contributed by atoms with E-state index >= 15 is 0 Å². The molecule has 0 aliphatic carbocycles. The lowest BCUT2D eigenvalue weighted by atomic mass is 10.2. The fourth-order valence-corrected chi connectivity index (χ4v) is 4.06. The first-order valence-electron chi connectivity index (χ1n) is 6.37. The molecule has 20 heavy (non-hydrogen) atoms. The van der Waals surface area contributed by atoms with Gasteiger partial charge in [-0.2, -0.15) is 4.31 Å². The molecule has 2 rings (SSSR count). The fourth-order valence-electron chi connectivity index (χ4n) is 2.17. The number of nitrogens with zero attached hydrogens (tertiary/aromatic N) is 1. The zero-order valence-electron chi connectivity index (χ0n) is 11.2. The van der Waals surface area contributed by atoms with E-state index in [9.17, 15) is 8.42 Å². The zero-order chi connectivity index (χ0) is 14.8. The molecule has 0 radical (unpaired) electrons. The summed E-state index contributed by atoms with van der Waals surface area (Å²) < 4.78 is 31.9. The Balaban J connectivity index is 2.24. The maximum atomic E-state index is 12.6. The lowest BCUT2D eigenvalue weighted by Crippen LogP contribution is -2.34. The average Bonchev–Trinajstić information content (AvgIpc) is 2.92. The summed E-state index contributed by atoms with van der Waals surface area (Å²) in [4.78, 5) is 0.0952. The van der Waals surface area contributed by atoms with Gasteiger partial charge in [-0.25, -0.2) is 8.42 Å². The molecule has 0 N–H and O–H groups in total. The average molecular weight is 338 g/mol. The van der Waals surface area contributed by atoms with Crippen molar-refractivity contribution in [3.8, 4) is 0 Å². The summed E-state index contributed by atoms with van der Waals surface area (Å²) in [5.41, 5.74) is 0.722. The van der Waals surface area contributed by atoms with Crippen molar-refractivity contribution in [2.75, 3.05) is 20.2 Å². The van der Waals surface area contributed by atoms with Gasteiger partial charge in [-0.05, 0) is 30.5 Å². The van der Waals surface area contributed by atoms with Crippen molar-refractivity contribution in [1.29, 1.82) is 0 Å². The van der Waals surface area contributed by atoms with E-state index in [1.807, 2.05) is 0 Å². The Morgan fingerprint density at radius 2 is 2.20 bits per heavy atom. The van der Waals surface area contributed by atoms with Gasteiger partial charge in [-0.15, -0.1) is 11.6 Å². The first kappa shape index (κ1) is 16.0. The molecular weight excluding hydrogens is 321 g/mol. The summed E-state index contributed by atoms with van der Waals surface area (Å²) in [5, 5.41) is 0.207. The summed E-state index contributed by atoms with van der Waals surface area (Å²) in [6, 6.07) is 4.80. The van der Waals surface area contributed by atoms with E-state index in [1.54, 1.807) is 19.2 Å². The van der Waals surface area contributed by atoms with Crippen molar-refractivity contribution in [2.24, 2.45) is 0 Å². The van der Waals surface area contributed by atoms with E-state index in [0.717, 1.165) is 18.4 Å². The molecule has 112 valence electrons. The van der Waals surface area contributed by atoms with Crippen LogP contribution in [0.2, 0.25) is 5.02 Å². The van der Waals surface area contributed by atoms with Gasteiger partial charge >= 0.3 is 0 Å². The van der Waals surface area contributed by atoms with Crippen LogP contribution in [0.15, 0.2) is 23.1 Å². The molecule has 1 heterocycles. The predicted molar refractivity (Wildman–Crippen MR) is 79.8 cm³/mol. The molecule has 0 saturated carbocycles. The molecule has 0 aromatic heterocycles. The van der Waals surface area contributed by atoms with E-state index in [2.05, 4.69) is 0 Å². The summed E-state index contributed by atoms with van der Waals surface area (Å²) in [7, 11) is -2.08. The van der Waals surface area contributed by atoms with Gasteiger partial charge in [0.15, 0.2) is 0 Å². The van der Waals surface area contributed by atoms with Gasteiger partial charge in [0.25, 0.3) is 0 Å². The number of alkyl halides is 1. The Labute approximate surface area is 129 Å². The zero-order valence-corrected chi connectivity index (χ0v) is 13.5. The fraction of sp³-hybridized carbons (Fsp3) is 0.538. The van der Waals surface area contributed by atoms with Crippen molar-refractivity contribution in [3.05, 3.63) is 28.8 Å². The smallest absolute Gasteiger partial charge is 0.244 e. The molecule has 7 heteroatoms. The van der Waals surface area contributed by atoms with Gasteiger partial charge in [0.1, 0.15) is 4.90 Å². The third-order valence-electron chi connectivity index (χ3n) is 3.32. The highest BCUT2D eigenvalue weighted by Gasteiger charge is 2.27. The van der Waals surface area contributed by atoms with Gasteiger partial charge < -0.3 is 4.74 Å². The van der Waals surface area contributed by atoms with Crippen molar-refractivity contribution in [1.82, 2.24) is 4.31 Å². The van der Waals surface area contributed by atoms with Crippen LogP contribution in [0.1, 0.15) is 18.4 Å². The van der Waals surface area contributed by atoms with Crippen LogP contribution in [0.3, 0.4) is 0 Å². The third-order valence-corrected chi connectivity index (χ3v) is 5.94. The molecule has 0 bridgehead atoms. The Morgan fingerprint density at radius 1 is 1.45 bits per heavy atom. The van der Waals surface area contributed by atoms with E-state index in [4.69, 9.17) is 27.9 Å². The molecule has 0 spiro atoms. The Bertz CT molecular complexity index is 571. The quantitative estimate of drug-likeness (QED) is 0.776. The minimum Gasteiger partial charge on any atom is -0.377 e. The lowest BCUT2D eigenvalue weighted by Gasteiger charge is -2.21. The number of hydrogen-bond donors (Lipinski definition) is 0. The molecule has 0 amide bonds. The Kier molecular flexibility index (Phi) is 5.31. The molecule has 1 fully saturated rings. The second-order valence-electron chi connectivity index (χ2n) is 4.82. The second kappa shape index (κ2) is 6.62. The molecule has 4 nitrogen and oxygen atoms in total. The molecular formula is C13H17Cl2NO3S. The second-order valence-corrected chi connectivity index (χ2v) is 7.51. The summed E-state index contributed by atoms with van der Waals surface area (Å²) in [5.74, 6) is 0.245. The molecule has 1 aromatic rings. The van der Waals surface area contributed by atoms with E-state index in [-0.39, 0.29) is 21.9 Å². The van der Waals surface area contributed by atoms with Crippen LogP contribution in [0, 0.1) is 0 Å². The minimum atomic E-state index is -3.63. The topological polar surface area (TPSA) is 46.6 Å². The van der Waals surface area contributed by atoms with Gasteiger partial charge in [0.2, 0.25) is 10.0 Å². The van der Waals surface area contributed by atoms with Crippen LogP contribution < -0.4 is 0 Å². The molecule has 1 atom stereocenters. The standard InChI is InChI=1S/C13H17Cl2NO3S/c1-16(9-11-3-2-6-19-11)20(17,18)13-7-10(8-14)4-5-12(13)15/h4-5,7,11H,2-3,6,8-9H2,1H3. The number of halogens is 2. The van der Waals surface area contributed by atoms with E-state index in [1.165, 1.54) is 10.4 Å². The molecule has 1 unspecified atom stereocenters. The first-order valence-corrected chi connectivity index (χ1v) is 8.72. The van der Waals surface area contributed by atoms with Crippen LogP contribution in [-0.4, -0.2) is 39.0 Å². The number of benzene rings is 1. The number of sulfonamides is 1. The van der Waals surface area contributed by atoms with E-state index in [0.29, 0.717) is 13.2 Å². The van der Waals surface area contributed by atoms with Crippen LogP contribution >= 0.6 is 23.2 Å². The maximum absolute atomic E-state index is 12.6. The monoisotopic (exact) mass is 337 g/mol. The molecule has 1 aliphatic rings. The number of rotatable bonds is 5. The van der Waals surface area contributed by atoms with Crippen molar-refractivity contribution >= 4 is 33.2 Å². The highest BCUT2D eigenvalue weighted by molar-refractivity contribution is 7.89. The SMILES string of the molecule is CN(CC1CCCO1)S(=O)(=O)c1cc(CCl)ccc1Cl. The largest absolute Gasteiger partial charge is 0.377 e. The van der Waals surface area contributed by atoms with Crippen LogP contribution in [0.5, 0.6) is 0 Å². The molecule has 1 saturated heterocycles. The Hall–Kier alpha value is -0.330.